The van der Waals surface area contributed by atoms with Crippen molar-refractivity contribution in [2.75, 3.05) is 44.2 Å². The maximum Gasteiger partial charge on any atom is 0.257 e. The van der Waals surface area contributed by atoms with Gasteiger partial charge in [0, 0.05) is 45.5 Å². The van der Waals surface area contributed by atoms with Crippen LogP contribution in [0.2, 0.25) is 5.02 Å². The number of piperidine rings is 1. The van der Waals surface area contributed by atoms with E-state index in [1.807, 2.05) is 23.6 Å². The molecule has 2 aromatic heterocycles. The van der Waals surface area contributed by atoms with Gasteiger partial charge in [-0.15, -0.1) is 0 Å². The summed E-state index contributed by atoms with van der Waals surface area (Å²) >= 11 is 6.50. The Kier molecular flexibility index (Phi) is 5.99. The number of likely N-dealkylation sites (tertiary alicyclic amines) is 1. The third kappa shape index (κ3) is 4.17. The summed E-state index contributed by atoms with van der Waals surface area (Å²) in [5.41, 5.74) is 1.16. The van der Waals surface area contributed by atoms with Gasteiger partial charge < -0.3 is 19.1 Å². The lowest BCUT2D eigenvalue weighted by atomic mass is 10.1. The minimum atomic E-state index is -0.00877. The highest BCUT2D eigenvalue weighted by molar-refractivity contribution is 6.33. The van der Waals surface area contributed by atoms with Crippen LogP contribution < -0.4 is 4.90 Å². The number of carbonyl (C=O) groups is 2. The predicted molar refractivity (Wildman–Crippen MR) is 115 cm³/mol. The highest BCUT2D eigenvalue weighted by atomic mass is 35.5. The number of piperazine rings is 1. The Morgan fingerprint density at radius 3 is 2.20 bits per heavy atom. The van der Waals surface area contributed by atoms with E-state index >= 15 is 0 Å². The van der Waals surface area contributed by atoms with Gasteiger partial charge in [0.25, 0.3) is 11.8 Å². The van der Waals surface area contributed by atoms with Gasteiger partial charge in [-0.05, 0) is 45.2 Å². The van der Waals surface area contributed by atoms with E-state index in [-0.39, 0.29) is 11.8 Å². The molecule has 0 bridgehead atoms. The molecule has 2 aromatic rings. The molecule has 30 heavy (non-hydrogen) atoms. The number of aryl methyl sites for hydroxylation is 2. The minimum absolute atomic E-state index is 0.00292. The van der Waals surface area contributed by atoms with Gasteiger partial charge in [-0.2, -0.15) is 0 Å². The van der Waals surface area contributed by atoms with Gasteiger partial charge in [0.15, 0.2) is 0 Å². The van der Waals surface area contributed by atoms with Crippen molar-refractivity contribution in [1.29, 1.82) is 0 Å². The topological polar surface area (TPSA) is 69.9 Å². The Labute approximate surface area is 181 Å². The SMILES string of the molecule is Cc1cc(C(=O)N2CCN(c3ncc(C(=O)N4CCCCC4)cc3Cl)CC2)c(C)o1. The van der Waals surface area contributed by atoms with Gasteiger partial charge in [0.1, 0.15) is 17.3 Å². The van der Waals surface area contributed by atoms with E-state index in [2.05, 4.69) is 9.88 Å². The van der Waals surface area contributed by atoms with Crippen molar-refractivity contribution >= 4 is 29.2 Å². The van der Waals surface area contributed by atoms with Crippen molar-refractivity contribution in [1.82, 2.24) is 14.8 Å². The van der Waals surface area contributed by atoms with E-state index < -0.39 is 0 Å². The first kappa shape index (κ1) is 20.7. The second-order valence-corrected chi connectivity index (χ2v) is 8.40. The molecule has 4 rings (SSSR count). The molecule has 2 aliphatic rings. The van der Waals surface area contributed by atoms with E-state index in [0.29, 0.717) is 53.9 Å². The zero-order valence-electron chi connectivity index (χ0n) is 17.5. The van der Waals surface area contributed by atoms with Crippen LogP contribution in [0.3, 0.4) is 0 Å². The van der Waals surface area contributed by atoms with Crippen LogP contribution in [0, 0.1) is 13.8 Å². The van der Waals surface area contributed by atoms with Crippen LogP contribution in [0.4, 0.5) is 5.82 Å². The van der Waals surface area contributed by atoms with Crippen LogP contribution in [0.15, 0.2) is 22.7 Å². The Hall–Kier alpha value is -2.54. The van der Waals surface area contributed by atoms with Crippen molar-refractivity contribution in [3.63, 3.8) is 0 Å². The van der Waals surface area contributed by atoms with Gasteiger partial charge in [-0.25, -0.2) is 4.98 Å². The molecule has 2 aliphatic heterocycles. The smallest absolute Gasteiger partial charge is 0.257 e. The van der Waals surface area contributed by atoms with Crippen LogP contribution >= 0.6 is 11.6 Å². The first-order chi connectivity index (χ1) is 14.4. The second kappa shape index (κ2) is 8.68. The van der Waals surface area contributed by atoms with Crippen LogP contribution in [0.1, 0.15) is 51.5 Å². The fourth-order valence-electron chi connectivity index (χ4n) is 4.19. The second-order valence-electron chi connectivity index (χ2n) is 7.99. The molecule has 0 unspecified atom stereocenters. The Morgan fingerprint density at radius 2 is 1.60 bits per heavy atom. The molecule has 160 valence electrons. The van der Waals surface area contributed by atoms with E-state index in [4.69, 9.17) is 16.0 Å². The lowest BCUT2D eigenvalue weighted by Crippen LogP contribution is -2.49. The molecule has 4 heterocycles. The molecule has 2 saturated heterocycles. The van der Waals surface area contributed by atoms with Crippen molar-refractivity contribution in [2.45, 2.75) is 33.1 Å². The number of rotatable bonds is 3. The molecule has 0 radical (unpaired) electrons. The number of halogens is 1. The first-order valence-corrected chi connectivity index (χ1v) is 10.9. The summed E-state index contributed by atoms with van der Waals surface area (Å²) in [5, 5.41) is 0.471. The maximum absolute atomic E-state index is 12.8. The third-order valence-corrected chi connectivity index (χ3v) is 6.13. The molecular formula is C22H27ClN4O3. The first-order valence-electron chi connectivity index (χ1n) is 10.5. The molecule has 7 nitrogen and oxygen atoms in total. The standard InChI is InChI=1S/C22H27ClN4O3/c1-15-12-18(16(2)30-15)22(29)27-10-8-25(9-11-27)20-19(23)13-17(14-24-20)21(28)26-6-4-3-5-7-26/h12-14H,3-11H2,1-2H3. The minimum Gasteiger partial charge on any atom is -0.466 e. The number of furan rings is 1. The highest BCUT2D eigenvalue weighted by Crippen LogP contribution is 2.27. The molecule has 2 amide bonds. The largest absolute Gasteiger partial charge is 0.466 e. The van der Waals surface area contributed by atoms with Crippen molar-refractivity contribution in [3.05, 3.63) is 46.0 Å². The van der Waals surface area contributed by atoms with E-state index in [0.717, 1.165) is 31.7 Å². The van der Waals surface area contributed by atoms with Gasteiger partial charge in [-0.3, -0.25) is 9.59 Å². The van der Waals surface area contributed by atoms with Gasteiger partial charge >= 0.3 is 0 Å². The fraction of sp³-hybridized carbons (Fsp3) is 0.500. The average molecular weight is 431 g/mol. The lowest BCUT2D eigenvalue weighted by molar-refractivity contribution is 0.0720. The zero-order chi connectivity index (χ0) is 21.3. The summed E-state index contributed by atoms with van der Waals surface area (Å²) in [6.07, 6.45) is 4.89. The Morgan fingerprint density at radius 1 is 0.933 bits per heavy atom. The van der Waals surface area contributed by atoms with Crippen molar-refractivity contribution in [2.24, 2.45) is 0 Å². The van der Waals surface area contributed by atoms with Crippen molar-refractivity contribution in [3.8, 4) is 0 Å². The molecule has 0 atom stereocenters. The summed E-state index contributed by atoms with van der Waals surface area (Å²) in [6.45, 7) is 7.67. The lowest BCUT2D eigenvalue weighted by Gasteiger charge is -2.35. The molecule has 0 aromatic carbocycles. The number of amides is 2. The van der Waals surface area contributed by atoms with Gasteiger partial charge in [-0.1, -0.05) is 11.6 Å². The number of anilines is 1. The van der Waals surface area contributed by atoms with Crippen molar-refractivity contribution < 1.29 is 14.0 Å². The van der Waals surface area contributed by atoms with Gasteiger partial charge in [0.2, 0.25) is 0 Å². The summed E-state index contributed by atoms with van der Waals surface area (Å²) in [5.74, 6) is 2.04. The normalized spacial score (nSPS) is 17.4. The number of carbonyl (C=O) groups excluding carboxylic acids is 2. The van der Waals surface area contributed by atoms with Gasteiger partial charge in [0.05, 0.1) is 16.1 Å². The number of aromatic nitrogens is 1. The third-order valence-electron chi connectivity index (χ3n) is 5.85. The monoisotopic (exact) mass is 430 g/mol. The summed E-state index contributed by atoms with van der Waals surface area (Å²) < 4.78 is 5.49. The highest BCUT2D eigenvalue weighted by Gasteiger charge is 2.27. The van der Waals surface area contributed by atoms with E-state index in [1.165, 1.54) is 6.42 Å². The van der Waals surface area contributed by atoms with E-state index in [9.17, 15) is 9.59 Å². The molecule has 0 aliphatic carbocycles. The predicted octanol–water partition coefficient (Wildman–Crippen LogP) is 3.53. The molecular weight excluding hydrogens is 404 g/mol. The number of pyridine rings is 1. The summed E-state index contributed by atoms with van der Waals surface area (Å²) in [7, 11) is 0. The number of nitrogens with zero attached hydrogens (tertiary/aromatic N) is 4. The van der Waals surface area contributed by atoms with Crippen LogP contribution in [-0.2, 0) is 0 Å². The zero-order valence-corrected chi connectivity index (χ0v) is 18.2. The molecule has 2 fully saturated rings. The summed E-state index contributed by atoms with van der Waals surface area (Å²) in [4.78, 5) is 35.7. The number of hydrogen-bond acceptors (Lipinski definition) is 5. The Balaban J connectivity index is 1.40. The molecule has 0 spiro atoms. The quantitative estimate of drug-likeness (QED) is 0.745. The molecule has 0 N–H and O–H groups in total. The maximum atomic E-state index is 12.8. The molecule has 8 heteroatoms. The molecule has 0 saturated carbocycles. The van der Waals surface area contributed by atoms with Crippen LogP contribution in [-0.4, -0.2) is 65.9 Å². The van der Waals surface area contributed by atoms with E-state index in [1.54, 1.807) is 18.3 Å². The fourth-order valence-corrected chi connectivity index (χ4v) is 4.48. The number of hydrogen-bond donors (Lipinski definition) is 0. The van der Waals surface area contributed by atoms with Crippen LogP contribution in [0.25, 0.3) is 0 Å². The Bertz CT molecular complexity index is 944. The summed E-state index contributed by atoms with van der Waals surface area (Å²) in [6, 6.07) is 3.51. The average Bonchev–Trinajstić information content (AvgIpc) is 3.11. The van der Waals surface area contributed by atoms with Crippen LogP contribution in [0.5, 0.6) is 0 Å².